The molecule has 0 aliphatic carbocycles. The smallest absolute Gasteiger partial charge is 0.222 e. The summed E-state index contributed by atoms with van der Waals surface area (Å²) in [6.07, 6.45) is 4.04. The van der Waals surface area contributed by atoms with Crippen LogP contribution in [0.25, 0.3) is 0 Å². The Labute approximate surface area is 178 Å². The van der Waals surface area contributed by atoms with Gasteiger partial charge in [0.25, 0.3) is 0 Å². The molecule has 0 atom stereocenters. The number of piperidine rings is 1. The van der Waals surface area contributed by atoms with Gasteiger partial charge in [-0.1, -0.05) is 6.07 Å². The molecular formula is C23H32N4O3. The summed E-state index contributed by atoms with van der Waals surface area (Å²) < 4.78 is 11.4. The van der Waals surface area contributed by atoms with E-state index in [1.807, 2.05) is 38.2 Å². The Morgan fingerprint density at radius 1 is 1.23 bits per heavy atom. The quantitative estimate of drug-likeness (QED) is 0.690. The highest BCUT2D eigenvalue weighted by molar-refractivity contribution is 5.87. The molecular weight excluding hydrogens is 380 g/mol. The van der Waals surface area contributed by atoms with E-state index in [2.05, 4.69) is 32.7 Å². The number of nitrogens with zero attached hydrogens (tertiary/aromatic N) is 2. The summed E-state index contributed by atoms with van der Waals surface area (Å²) in [6, 6.07) is 10.4. The third kappa shape index (κ3) is 5.86. The minimum Gasteiger partial charge on any atom is -0.493 e. The van der Waals surface area contributed by atoms with Crippen LogP contribution in [0.5, 0.6) is 11.5 Å². The largest absolute Gasteiger partial charge is 0.493 e. The molecule has 1 saturated heterocycles. The maximum atomic E-state index is 11.3. The molecule has 1 amide bonds. The van der Waals surface area contributed by atoms with Gasteiger partial charge in [0.2, 0.25) is 5.91 Å². The molecule has 0 radical (unpaired) electrons. The SMILES string of the molecule is COc1ccc(CN(c2ccc(NC(C)=O)nc2)C2CCNCC2)cc1OC(C)C. The molecule has 0 unspecified atom stereocenters. The van der Waals surface area contributed by atoms with Crippen molar-refractivity contribution in [2.45, 2.75) is 52.3 Å². The summed E-state index contributed by atoms with van der Waals surface area (Å²) in [5, 5.41) is 6.16. The zero-order chi connectivity index (χ0) is 21.5. The van der Waals surface area contributed by atoms with E-state index in [0.717, 1.165) is 55.2 Å². The van der Waals surface area contributed by atoms with Crippen LogP contribution in [0.2, 0.25) is 0 Å². The van der Waals surface area contributed by atoms with Gasteiger partial charge in [-0.05, 0) is 69.6 Å². The molecule has 1 aliphatic rings. The number of nitrogens with one attached hydrogen (secondary N) is 2. The molecule has 2 N–H and O–H groups in total. The lowest BCUT2D eigenvalue weighted by atomic mass is 10.0. The third-order valence-corrected chi connectivity index (χ3v) is 5.08. The van der Waals surface area contributed by atoms with E-state index in [1.54, 1.807) is 7.11 Å². The number of amides is 1. The molecule has 0 bridgehead atoms. The first-order valence-corrected chi connectivity index (χ1v) is 10.5. The van der Waals surface area contributed by atoms with Crippen LogP contribution in [0.3, 0.4) is 0 Å². The van der Waals surface area contributed by atoms with Gasteiger partial charge in [0.15, 0.2) is 11.5 Å². The minimum absolute atomic E-state index is 0.0696. The highest BCUT2D eigenvalue weighted by Gasteiger charge is 2.22. The highest BCUT2D eigenvalue weighted by Crippen LogP contribution is 2.31. The number of methoxy groups -OCH3 is 1. The van der Waals surface area contributed by atoms with Gasteiger partial charge >= 0.3 is 0 Å². The lowest BCUT2D eigenvalue weighted by Crippen LogP contribution is -2.43. The van der Waals surface area contributed by atoms with Crippen molar-refractivity contribution in [1.82, 2.24) is 10.3 Å². The fraction of sp³-hybridized carbons (Fsp3) is 0.478. The number of ether oxygens (including phenoxy) is 2. The summed E-state index contributed by atoms with van der Waals surface area (Å²) in [6.45, 7) is 8.25. The van der Waals surface area contributed by atoms with E-state index in [4.69, 9.17) is 9.47 Å². The van der Waals surface area contributed by atoms with Gasteiger partial charge in [-0.3, -0.25) is 4.79 Å². The zero-order valence-corrected chi connectivity index (χ0v) is 18.3. The summed E-state index contributed by atoms with van der Waals surface area (Å²) in [4.78, 5) is 18.1. The van der Waals surface area contributed by atoms with Crippen LogP contribution < -0.4 is 25.0 Å². The first-order chi connectivity index (χ1) is 14.5. The predicted molar refractivity (Wildman–Crippen MR) is 119 cm³/mol. The fourth-order valence-electron chi connectivity index (χ4n) is 3.72. The molecule has 3 rings (SSSR count). The van der Waals surface area contributed by atoms with Crippen molar-refractivity contribution in [2.75, 3.05) is 30.4 Å². The number of benzene rings is 1. The number of pyridine rings is 1. The predicted octanol–water partition coefficient (Wildman–Crippen LogP) is 3.59. The Kier molecular flexibility index (Phi) is 7.52. The number of aromatic nitrogens is 1. The molecule has 1 aromatic carbocycles. The molecule has 162 valence electrons. The summed E-state index contributed by atoms with van der Waals surface area (Å²) >= 11 is 0. The number of carbonyl (C=O) groups is 1. The minimum atomic E-state index is -0.124. The second-order valence-corrected chi connectivity index (χ2v) is 7.84. The van der Waals surface area contributed by atoms with Crippen molar-refractivity contribution < 1.29 is 14.3 Å². The van der Waals surface area contributed by atoms with Crippen LogP contribution in [0.1, 0.15) is 39.2 Å². The van der Waals surface area contributed by atoms with E-state index >= 15 is 0 Å². The average molecular weight is 413 g/mol. The number of anilines is 2. The van der Waals surface area contributed by atoms with Gasteiger partial charge in [0.05, 0.1) is 25.1 Å². The fourth-order valence-corrected chi connectivity index (χ4v) is 3.72. The number of hydrogen-bond donors (Lipinski definition) is 2. The lowest BCUT2D eigenvalue weighted by molar-refractivity contribution is -0.114. The van der Waals surface area contributed by atoms with Crippen LogP contribution in [-0.2, 0) is 11.3 Å². The molecule has 7 nitrogen and oxygen atoms in total. The van der Waals surface area contributed by atoms with Crippen molar-refractivity contribution in [2.24, 2.45) is 0 Å². The van der Waals surface area contributed by atoms with Gasteiger partial charge in [-0.25, -0.2) is 4.98 Å². The van der Waals surface area contributed by atoms with Crippen molar-refractivity contribution in [3.05, 3.63) is 42.1 Å². The van der Waals surface area contributed by atoms with Gasteiger partial charge in [-0.2, -0.15) is 0 Å². The van der Waals surface area contributed by atoms with E-state index in [9.17, 15) is 4.79 Å². The Morgan fingerprint density at radius 2 is 2.00 bits per heavy atom. The summed E-state index contributed by atoms with van der Waals surface area (Å²) in [7, 11) is 1.66. The molecule has 1 aromatic heterocycles. The second-order valence-electron chi connectivity index (χ2n) is 7.84. The third-order valence-electron chi connectivity index (χ3n) is 5.08. The molecule has 0 saturated carbocycles. The number of hydrogen-bond acceptors (Lipinski definition) is 6. The molecule has 7 heteroatoms. The number of rotatable bonds is 8. The van der Waals surface area contributed by atoms with Gasteiger partial charge in [-0.15, -0.1) is 0 Å². The van der Waals surface area contributed by atoms with Crippen molar-refractivity contribution in [3.8, 4) is 11.5 Å². The molecule has 2 heterocycles. The van der Waals surface area contributed by atoms with E-state index < -0.39 is 0 Å². The first-order valence-electron chi connectivity index (χ1n) is 10.5. The molecule has 0 spiro atoms. The van der Waals surface area contributed by atoms with Crippen molar-refractivity contribution in [1.29, 1.82) is 0 Å². The molecule has 30 heavy (non-hydrogen) atoms. The highest BCUT2D eigenvalue weighted by atomic mass is 16.5. The second kappa shape index (κ2) is 10.3. The maximum absolute atomic E-state index is 11.3. The van der Waals surface area contributed by atoms with Crippen LogP contribution in [-0.4, -0.2) is 43.2 Å². The standard InChI is InChI=1S/C23H32N4O3/c1-16(2)30-22-13-18(5-7-21(22)29-4)15-27(19-9-11-24-12-10-19)20-6-8-23(25-14-20)26-17(3)28/h5-8,13-14,16,19,24H,9-12,15H2,1-4H3,(H,25,26,28). The van der Waals surface area contributed by atoms with Crippen molar-refractivity contribution >= 4 is 17.4 Å². The molecule has 1 fully saturated rings. The maximum Gasteiger partial charge on any atom is 0.222 e. The van der Waals surface area contributed by atoms with E-state index in [1.165, 1.54) is 6.92 Å². The van der Waals surface area contributed by atoms with Crippen LogP contribution in [0, 0.1) is 0 Å². The lowest BCUT2D eigenvalue weighted by Gasteiger charge is -2.36. The van der Waals surface area contributed by atoms with E-state index in [0.29, 0.717) is 11.9 Å². The Balaban J connectivity index is 1.86. The van der Waals surface area contributed by atoms with Crippen molar-refractivity contribution in [3.63, 3.8) is 0 Å². The van der Waals surface area contributed by atoms with Crippen LogP contribution >= 0.6 is 0 Å². The Bertz CT molecular complexity index is 833. The van der Waals surface area contributed by atoms with Gasteiger partial charge in [0.1, 0.15) is 5.82 Å². The normalized spacial score (nSPS) is 14.4. The Morgan fingerprint density at radius 3 is 2.60 bits per heavy atom. The van der Waals surface area contributed by atoms with Gasteiger partial charge in [0, 0.05) is 19.5 Å². The summed E-state index contributed by atoms with van der Waals surface area (Å²) in [5.74, 6) is 1.94. The Hall–Kier alpha value is -2.80. The monoisotopic (exact) mass is 412 g/mol. The van der Waals surface area contributed by atoms with Gasteiger partial charge < -0.3 is 25.0 Å². The average Bonchev–Trinajstić information content (AvgIpc) is 2.73. The first kappa shape index (κ1) is 21.9. The van der Waals surface area contributed by atoms with Crippen LogP contribution in [0.4, 0.5) is 11.5 Å². The topological polar surface area (TPSA) is 75.7 Å². The molecule has 1 aliphatic heterocycles. The molecule has 2 aromatic rings. The van der Waals surface area contributed by atoms with E-state index in [-0.39, 0.29) is 12.0 Å². The number of carbonyl (C=O) groups excluding carboxylic acids is 1. The zero-order valence-electron chi connectivity index (χ0n) is 18.3. The van der Waals surface area contributed by atoms with Crippen LogP contribution in [0.15, 0.2) is 36.5 Å². The summed E-state index contributed by atoms with van der Waals surface area (Å²) in [5.41, 5.74) is 2.19.